The molecule has 2 N–H and O–H groups in total. The average molecular weight is 458 g/mol. The van der Waals surface area contributed by atoms with Crippen LogP contribution in [0.3, 0.4) is 0 Å². The van der Waals surface area contributed by atoms with Crippen molar-refractivity contribution in [3.63, 3.8) is 0 Å². The summed E-state index contributed by atoms with van der Waals surface area (Å²) in [7, 11) is 0. The molecule has 2 atom stereocenters. The average Bonchev–Trinajstić information content (AvgIpc) is 3.26. The summed E-state index contributed by atoms with van der Waals surface area (Å²) in [5, 5.41) is 29.2. The summed E-state index contributed by atoms with van der Waals surface area (Å²) in [6.45, 7) is 8.38. The van der Waals surface area contributed by atoms with E-state index in [0.717, 1.165) is 44.4 Å². The van der Waals surface area contributed by atoms with Gasteiger partial charge in [-0.05, 0) is 73.6 Å². The minimum absolute atomic E-state index is 0.0995. The van der Waals surface area contributed by atoms with E-state index in [1.165, 1.54) is 0 Å². The number of hydrogen-bond donors (Lipinski definition) is 2. The molecule has 0 aliphatic rings. The highest BCUT2D eigenvalue weighted by molar-refractivity contribution is 5.82. The van der Waals surface area contributed by atoms with Crippen LogP contribution in [0.4, 0.5) is 0 Å². The third kappa shape index (κ3) is 4.10. The summed E-state index contributed by atoms with van der Waals surface area (Å²) >= 11 is 0. The van der Waals surface area contributed by atoms with Gasteiger partial charge in [-0.25, -0.2) is 4.68 Å². The van der Waals surface area contributed by atoms with Gasteiger partial charge in [0.2, 0.25) is 0 Å². The summed E-state index contributed by atoms with van der Waals surface area (Å²) in [5.74, 6) is -1.34. The zero-order valence-electron chi connectivity index (χ0n) is 20.1. The van der Waals surface area contributed by atoms with Crippen molar-refractivity contribution in [3.8, 4) is 0 Å². The first kappa shape index (κ1) is 23.6. The summed E-state index contributed by atoms with van der Waals surface area (Å²) < 4.78 is 1.84. The predicted octanol–water partition coefficient (Wildman–Crippen LogP) is 5.03. The smallest absolute Gasteiger partial charge is 0.310 e. The maximum atomic E-state index is 13.0. The molecular weight excluding hydrogens is 426 g/mol. The molecule has 176 valence electrons. The van der Waals surface area contributed by atoms with Crippen LogP contribution in [0.5, 0.6) is 0 Å². The lowest BCUT2D eigenvalue weighted by molar-refractivity contribution is -0.148. The molecule has 1 aromatic heterocycles. The van der Waals surface area contributed by atoms with Crippen molar-refractivity contribution in [2.24, 2.45) is 5.41 Å². The number of carboxylic acids is 1. The van der Waals surface area contributed by atoms with Gasteiger partial charge in [-0.3, -0.25) is 4.79 Å². The molecule has 0 saturated heterocycles. The topological polar surface area (TPSA) is 88.2 Å². The van der Waals surface area contributed by atoms with Crippen LogP contribution in [0, 0.1) is 19.3 Å². The first-order valence-corrected chi connectivity index (χ1v) is 11.6. The fourth-order valence-corrected chi connectivity index (χ4v) is 4.98. The summed E-state index contributed by atoms with van der Waals surface area (Å²) in [6, 6.07) is 19.6. The van der Waals surface area contributed by atoms with Gasteiger partial charge in [0.25, 0.3) is 0 Å². The second-order valence-corrected chi connectivity index (χ2v) is 9.21. The lowest BCUT2D eigenvalue weighted by Gasteiger charge is -2.36. The van der Waals surface area contributed by atoms with Gasteiger partial charge in [0, 0.05) is 12.5 Å². The number of aliphatic hydroxyl groups excluding tert-OH is 1. The number of aryl methyl sites for hydroxylation is 3. The van der Waals surface area contributed by atoms with E-state index >= 15 is 0 Å². The molecule has 0 aliphatic carbocycles. The molecule has 0 spiro atoms. The second-order valence-electron chi connectivity index (χ2n) is 9.21. The van der Waals surface area contributed by atoms with Crippen LogP contribution in [0.1, 0.15) is 53.1 Å². The molecule has 6 heteroatoms. The number of benzene rings is 3. The molecule has 6 nitrogen and oxygen atoms in total. The maximum Gasteiger partial charge on any atom is 0.310 e. The Morgan fingerprint density at radius 1 is 1.09 bits per heavy atom. The van der Waals surface area contributed by atoms with Crippen LogP contribution in [-0.4, -0.2) is 31.2 Å². The van der Waals surface area contributed by atoms with Gasteiger partial charge in [0.1, 0.15) is 5.52 Å². The van der Waals surface area contributed by atoms with E-state index in [9.17, 15) is 15.0 Å². The number of nitrogens with zero attached hydrogens (tertiary/aromatic N) is 3. The zero-order chi connectivity index (χ0) is 24.5. The molecule has 0 radical (unpaired) electrons. The normalized spacial score (nSPS) is 14.1. The van der Waals surface area contributed by atoms with E-state index in [2.05, 4.69) is 10.3 Å². The number of carboxylic acid groups (broad SMARTS) is 1. The zero-order valence-corrected chi connectivity index (χ0v) is 20.1. The Labute approximate surface area is 199 Å². The van der Waals surface area contributed by atoms with Crippen molar-refractivity contribution in [1.82, 2.24) is 15.0 Å². The Hall–Kier alpha value is -3.51. The third-order valence-electron chi connectivity index (χ3n) is 7.01. The van der Waals surface area contributed by atoms with Crippen LogP contribution in [-0.2, 0) is 24.4 Å². The Morgan fingerprint density at radius 3 is 2.47 bits per heavy atom. The second kappa shape index (κ2) is 9.39. The number of fused-ring (bicyclic) bond motifs is 1. The Balaban J connectivity index is 1.98. The molecule has 1 heterocycles. The molecule has 0 amide bonds. The largest absolute Gasteiger partial charge is 0.481 e. The minimum Gasteiger partial charge on any atom is -0.481 e. The lowest BCUT2D eigenvalue weighted by atomic mass is 9.66. The molecule has 0 saturated carbocycles. The van der Waals surface area contributed by atoms with Gasteiger partial charge < -0.3 is 10.2 Å². The first-order valence-electron chi connectivity index (χ1n) is 11.6. The van der Waals surface area contributed by atoms with Gasteiger partial charge in [-0.2, -0.15) is 0 Å². The number of aliphatic carboxylic acids is 1. The van der Waals surface area contributed by atoms with Gasteiger partial charge in [0.05, 0.1) is 17.5 Å². The van der Waals surface area contributed by atoms with Crippen LogP contribution >= 0.6 is 0 Å². The molecule has 4 aromatic rings. The van der Waals surface area contributed by atoms with Crippen molar-refractivity contribution >= 4 is 17.0 Å². The molecular formula is C28H31N3O3. The van der Waals surface area contributed by atoms with Crippen molar-refractivity contribution in [2.45, 2.75) is 53.2 Å². The summed E-state index contributed by atoms with van der Waals surface area (Å²) in [6.07, 6.45) is 0.356. The van der Waals surface area contributed by atoms with Crippen molar-refractivity contribution in [1.29, 1.82) is 0 Å². The number of carbonyl (C=O) groups is 1. The summed E-state index contributed by atoms with van der Waals surface area (Å²) in [4.78, 5) is 13.0. The predicted molar refractivity (Wildman–Crippen MR) is 133 cm³/mol. The monoisotopic (exact) mass is 457 g/mol. The number of aromatic nitrogens is 3. The Bertz CT molecular complexity index is 1330. The van der Waals surface area contributed by atoms with E-state index in [1.807, 2.05) is 93.0 Å². The molecule has 3 aromatic carbocycles. The number of rotatable bonds is 8. The van der Waals surface area contributed by atoms with E-state index in [0.29, 0.717) is 13.0 Å². The highest BCUT2D eigenvalue weighted by Crippen LogP contribution is 2.46. The molecule has 34 heavy (non-hydrogen) atoms. The Kier molecular flexibility index (Phi) is 6.53. The van der Waals surface area contributed by atoms with E-state index in [4.69, 9.17) is 0 Å². The van der Waals surface area contributed by atoms with Crippen molar-refractivity contribution in [2.75, 3.05) is 0 Å². The molecule has 0 aliphatic heterocycles. The fourth-order valence-electron chi connectivity index (χ4n) is 4.98. The fraction of sp³-hybridized carbons (Fsp3) is 0.321. The SMILES string of the molecule is CCn1nnc2c(C)c([C@@H](c3ccc(C)c(CO)c3)[C@](C)(Cc3ccccc3)C(=O)O)ccc21. The maximum absolute atomic E-state index is 13.0. The highest BCUT2D eigenvalue weighted by atomic mass is 16.4. The van der Waals surface area contributed by atoms with Gasteiger partial charge in [0.15, 0.2) is 0 Å². The van der Waals surface area contributed by atoms with Crippen LogP contribution in [0.2, 0.25) is 0 Å². The van der Waals surface area contributed by atoms with Crippen LogP contribution < -0.4 is 0 Å². The lowest BCUT2D eigenvalue weighted by Crippen LogP contribution is -2.37. The molecule has 0 unspecified atom stereocenters. The summed E-state index contributed by atoms with van der Waals surface area (Å²) in [5.41, 5.74) is 5.99. The van der Waals surface area contributed by atoms with E-state index in [1.54, 1.807) is 0 Å². The standard InChI is InChI=1S/C28H31N3O3/c1-5-31-24-14-13-23(19(3)26(24)29-30-31)25(21-12-11-18(2)22(15-21)17-32)28(4,27(33)34)16-20-9-7-6-8-10-20/h6-15,25,32H,5,16-17H2,1-4H3,(H,33,34)/t25-,28+/m1/s1. The van der Waals surface area contributed by atoms with Gasteiger partial charge >= 0.3 is 5.97 Å². The van der Waals surface area contributed by atoms with Crippen LogP contribution in [0.15, 0.2) is 60.7 Å². The molecule has 0 bridgehead atoms. The molecule has 0 fully saturated rings. The van der Waals surface area contributed by atoms with Gasteiger partial charge in [-0.15, -0.1) is 5.10 Å². The van der Waals surface area contributed by atoms with E-state index < -0.39 is 17.3 Å². The van der Waals surface area contributed by atoms with Crippen LogP contribution in [0.25, 0.3) is 11.0 Å². The number of aliphatic hydroxyl groups is 1. The quantitative estimate of drug-likeness (QED) is 0.388. The first-order chi connectivity index (χ1) is 16.3. The van der Waals surface area contributed by atoms with Crippen molar-refractivity contribution < 1.29 is 15.0 Å². The minimum atomic E-state index is -1.15. The van der Waals surface area contributed by atoms with E-state index in [-0.39, 0.29) is 6.61 Å². The highest BCUT2D eigenvalue weighted by Gasteiger charge is 2.44. The van der Waals surface area contributed by atoms with Gasteiger partial charge in [-0.1, -0.05) is 59.8 Å². The van der Waals surface area contributed by atoms with Crippen molar-refractivity contribution in [3.05, 3.63) is 94.0 Å². The Morgan fingerprint density at radius 2 is 1.82 bits per heavy atom. The third-order valence-corrected chi connectivity index (χ3v) is 7.01. The number of hydrogen-bond acceptors (Lipinski definition) is 4. The molecule has 4 rings (SSSR count).